The van der Waals surface area contributed by atoms with Crippen LogP contribution in [0.3, 0.4) is 0 Å². The number of carbonyl (C=O) groups is 2. The summed E-state index contributed by atoms with van der Waals surface area (Å²) in [5, 5.41) is 12.0. The van der Waals surface area contributed by atoms with Crippen LogP contribution < -0.4 is 5.32 Å². The van der Waals surface area contributed by atoms with Crippen molar-refractivity contribution in [3.05, 3.63) is 0 Å². The van der Waals surface area contributed by atoms with Gasteiger partial charge in [-0.15, -0.1) is 0 Å². The van der Waals surface area contributed by atoms with Crippen LogP contribution in [-0.4, -0.2) is 22.5 Å². The molecule has 17 heavy (non-hydrogen) atoms. The molecule has 1 saturated carbocycles. The van der Waals surface area contributed by atoms with Crippen molar-refractivity contribution in [2.24, 2.45) is 5.92 Å². The standard InChI is InChI=1S/C13H23NO3/c1-3-10(2)12(17)14-13(9-11(15)16)7-5-4-6-8-13/h10H,3-9H2,1-2H3,(H,14,17)(H,15,16)/t10-/m1/s1. The molecule has 1 aliphatic rings. The summed E-state index contributed by atoms with van der Waals surface area (Å²) < 4.78 is 0. The van der Waals surface area contributed by atoms with Gasteiger partial charge in [0.05, 0.1) is 12.0 Å². The SMILES string of the molecule is CC[C@@H](C)C(=O)NC1(CC(=O)O)CCCCC1. The molecule has 1 fully saturated rings. The lowest BCUT2D eigenvalue weighted by Crippen LogP contribution is -2.52. The Bertz CT molecular complexity index is 282. The third-order valence-electron chi connectivity index (χ3n) is 3.75. The summed E-state index contributed by atoms with van der Waals surface area (Å²) in [6.07, 6.45) is 5.58. The second kappa shape index (κ2) is 6.03. The summed E-state index contributed by atoms with van der Waals surface area (Å²) in [4.78, 5) is 22.9. The lowest BCUT2D eigenvalue weighted by molar-refractivity contribution is -0.140. The first kappa shape index (κ1) is 14.0. The van der Waals surface area contributed by atoms with Crippen LogP contribution in [0.1, 0.15) is 58.8 Å². The molecule has 0 aromatic heterocycles. The van der Waals surface area contributed by atoms with E-state index in [1.54, 1.807) is 0 Å². The van der Waals surface area contributed by atoms with Gasteiger partial charge in [-0.25, -0.2) is 0 Å². The fraction of sp³-hybridized carbons (Fsp3) is 0.846. The fourth-order valence-corrected chi connectivity index (χ4v) is 2.43. The van der Waals surface area contributed by atoms with Crippen LogP contribution in [0.4, 0.5) is 0 Å². The summed E-state index contributed by atoms with van der Waals surface area (Å²) in [5.41, 5.74) is -0.495. The zero-order valence-electron chi connectivity index (χ0n) is 10.8. The average Bonchev–Trinajstić information content (AvgIpc) is 2.27. The van der Waals surface area contributed by atoms with Crippen LogP contribution in [0, 0.1) is 5.92 Å². The van der Waals surface area contributed by atoms with Gasteiger partial charge in [0.2, 0.25) is 5.91 Å². The maximum atomic E-state index is 11.9. The highest BCUT2D eigenvalue weighted by Gasteiger charge is 2.36. The molecule has 4 heteroatoms. The maximum Gasteiger partial charge on any atom is 0.305 e. The Hall–Kier alpha value is -1.06. The Balaban J connectivity index is 2.69. The smallest absolute Gasteiger partial charge is 0.305 e. The molecule has 1 amide bonds. The van der Waals surface area contributed by atoms with Crippen molar-refractivity contribution in [2.45, 2.75) is 64.3 Å². The lowest BCUT2D eigenvalue weighted by atomic mass is 9.79. The molecule has 0 radical (unpaired) electrons. The molecule has 98 valence electrons. The number of aliphatic carboxylic acids is 1. The molecule has 0 heterocycles. The summed E-state index contributed by atoms with van der Waals surface area (Å²) in [5.74, 6) is -0.866. The quantitative estimate of drug-likeness (QED) is 0.776. The number of amides is 1. The second-order valence-corrected chi connectivity index (χ2v) is 5.21. The number of carboxylic acids is 1. The summed E-state index contributed by atoms with van der Waals surface area (Å²) in [6.45, 7) is 3.85. The number of carboxylic acid groups (broad SMARTS) is 1. The highest BCUT2D eigenvalue weighted by atomic mass is 16.4. The molecule has 0 aromatic carbocycles. The van der Waals surface area contributed by atoms with Gasteiger partial charge in [-0.05, 0) is 19.3 Å². The predicted octanol–water partition coefficient (Wildman–Crippen LogP) is 2.33. The summed E-state index contributed by atoms with van der Waals surface area (Å²) in [7, 11) is 0. The second-order valence-electron chi connectivity index (χ2n) is 5.21. The molecule has 0 aromatic rings. The first-order valence-corrected chi connectivity index (χ1v) is 6.53. The Morgan fingerprint density at radius 1 is 1.29 bits per heavy atom. The molecule has 0 aliphatic heterocycles. The molecule has 1 aliphatic carbocycles. The lowest BCUT2D eigenvalue weighted by Gasteiger charge is -2.37. The van der Waals surface area contributed by atoms with Gasteiger partial charge < -0.3 is 10.4 Å². The van der Waals surface area contributed by atoms with E-state index in [2.05, 4.69) is 5.32 Å². The Morgan fingerprint density at radius 3 is 2.35 bits per heavy atom. The van der Waals surface area contributed by atoms with E-state index in [0.717, 1.165) is 38.5 Å². The predicted molar refractivity (Wildman–Crippen MR) is 65.7 cm³/mol. The zero-order valence-corrected chi connectivity index (χ0v) is 10.8. The molecule has 0 spiro atoms. The van der Waals surface area contributed by atoms with E-state index in [4.69, 9.17) is 5.11 Å². The Morgan fingerprint density at radius 2 is 1.88 bits per heavy atom. The van der Waals surface area contributed by atoms with Gasteiger partial charge in [-0.2, -0.15) is 0 Å². The molecule has 1 atom stereocenters. The first-order chi connectivity index (χ1) is 7.99. The number of hydrogen-bond donors (Lipinski definition) is 2. The van der Waals surface area contributed by atoms with E-state index in [0.29, 0.717) is 0 Å². The van der Waals surface area contributed by atoms with E-state index >= 15 is 0 Å². The van der Waals surface area contributed by atoms with Crippen molar-refractivity contribution in [1.82, 2.24) is 5.32 Å². The van der Waals surface area contributed by atoms with Gasteiger partial charge in [0, 0.05) is 5.92 Å². The van der Waals surface area contributed by atoms with E-state index in [9.17, 15) is 9.59 Å². The van der Waals surface area contributed by atoms with Gasteiger partial charge in [-0.1, -0.05) is 33.1 Å². The largest absolute Gasteiger partial charge is 0.481 e. The maximum absolute atomic E-state index is 11.9. The number of rotatable bonds is 5. The van der Waals surface area contributed by atoms with E-state index in [1.165, 1.54) is 0 Å². The highest BCUT2D eigenvalue weighted by Crippen LogP contribution is 2.31. The zero-order chi connectivity index (χ0) is 12.9. The molecular weight excluding hydrogens is 218 g/mol. The Labute approximate surface area is 103 Å². The van der Waals surface area contributed by atoms with Crippen molar-refractivity contribution >= 4 is 11.9 Å². The van der Waals surface area contributed by atoms with Crippen molar-refractivity contribution in [1.29, 1.82) is 0 Å². The van der Waals surface area contributed by atoms with E-state index < -0.39 is 11.5 Å². The van der Waals surface area contributed by atoms with Gasteiger partial charge >= 0.3 is 5.97 Å². The van der Waals surface area contributed by atoms with Gasteiger partial charge in [0.25, 0.3) is 0 Å². The normalized spacial score (nSPS) is 20.6. The minimum absolute atomic E-state index is 0.00403. The van der Waals surface area contributed by atoms with Crippen LogP contribution in [-0.2, 0) is 9.59 Å². The molecule has 0 unspecified atom stereocenters. The van der Waals surface area contributed by atoms with Gasteiger partial charge in [-0.3, -0.25) is 9.59 Å². The summed E-state index contributed by atoms with van der Waals surface area (Å²) in [6, 6.07) is 0. The van der Waals surface area contributed by atoms with Crippen molar-refractivity contribution in [2.75, 3.05) is 0 Å². The third-order valence-corrected chi connectivity index (χ3v) is 3.75. The van der Waals surface area contributed by atoms with Crippen molar-refractivity contribution < 1.29 is 14.7 Å². The van der Waals surface area contributed by atoms with Crippen LogP contribution >= 0.6 is 0 Å². The van der Waals surface area contributed by atoms with E-state index in [1.807, 2.05) is 13.8 Å². The minimum atomic E-state index is -0.823. The molecular formula is C13H23NO3. The van der Waals surface area contributed by atoms with Gasteiger partial charge in [0.15, 0.2) is 0 Å². The van der Waals surface area contributed by atoms with Crippen molar-refractivity contribution in [3.8, 4) is 0 Å². The molecule has 0 saturated heterocycles. The van der Waals surface area contributed by atoms with Crippen LogP contribution in [0.15, 0.2) is 0 Å². The number of carbonyl (C=O) groups excluding carboxylic acids is 1. The third kappa shape index (κ3) is 4.02. The number of nitrogens with one attached hydrogen (secondary N) is 1. The molecule has 0 bridgehead atoms. The summed E-state index contributed by atoms with van der Waals surface area (Å²) >= 11 is 0. The van der Waals surface area contributed by atoms with Crippen molar-refractivity contribution in [3.63, 3.8) is 0 Å². The van der Waals surface area contributed by atoms with Crippen LogP contribution in [0.5, 0.6) is 0 Å². The average molecular weight is 241 g/mol. The minimum Gasteiger partial charge on any atom is -0.481 e. The highest BCUT2D eigenvalue weighted by molar-refractivity contribution is 5.80. The molecule has 2 N–H and O–H groups in total. The van der Waals surface area contributed by atoms with Crippen LogP contribution in [0.2, 0.25) is 0 Å². The van der Waals surface area contributed by atoms with Gasteiger partial charge in [0.1, 0.15) is 0 Å². The molecule has 4 nitrogen and oxygen atoms in total. The fourth-order valence-electron chi connectivity index (χ4n) is 2.43. The first-order valence-electron chi connectivity index (χ1n) is 6.53. The monoisotopic (exact) mass is 241 g/mol. The molecule has 1 rings (SSSR count). The van der Waals surface area contributed by atoms with Crippen LogP contribution in [0.25, 0.3) is 0 Å². The number of hydrogen-bond acceptors (Lipinski definition) is 2. The van der Waals surface area contributed by atoms with E-state index in [-0.39, 0.29) is 18.2 Å². The topological polar surface area (TPSA) is 66.4 Å². The Kier molecular flexibility index (Phi) is 4.97.